The van der Waals surface area contributed by atoms with Gasteiger partial charge in [-0.15, -0.1) is 23.1 Å². The quantitative estimate of drug-likeness (QED) is 0.139. The van der Waals surface area contributed by atoms with Gasteiger partial charge < -0.3 is 25.7 Å². The van der Waals surface area contributed by atoms with E-state index in [1.165, 1.54) is 36.2 Å². The summed E-state index contributed by atoms with van der Waals surface area (Å²) in [5.74, 6) is -3.82. The molecular formula is C19H19N5O8S2. The number of nitrogens with two attached hydrogens (primary N) is 1. The second-order valence-electron chi connectivity index (χ2n) is 6.84. The van der Waals surface area contributed by atoms with Gasteiger partial charge in [-0.3, -0.25) is 19.3 Å². The highest BCUT2D eigenvalue weighted by Gasteiger charge is 2.54. The van der Waals surface area contributed by atoms with Gasteiger partial charge in [0, 0.05) is 25.0 Å². The number of nitrogens with zero attached hydrogens (tertiary/aromatic N) is 3. The molecule has 1 aromatic rings. The Balaban J connectivity index is 1.77. The third kappa shape index (κ3) is 5.43. The van der Waals surface area contributed by atoms with Crippen molar-refractivity contribution in [2.45, 2.75) is 25.3 Å². The highest BCUT2D eigenvalue weighted by molar-refractivity contribution is 8.00. The number of esters is 1. The number of carbonyl (C=O) groups is 5. The molecule has 0 radical (unpaired) electrons. The zero-order chi connectivity index (χ0) is 25.0. The molecular weight excluding hydrogens is 490 g/mol. The topological polar surface area (TPSA) is 191 Å². The number of ether oxygens (including phenoxy) is 1. The SMILES string of the molecule is CC(=O)OC/C=C/C1=C(C(=O)O)N2C(=O)[C@@H](NC(=O)/C(=N\OC(C)=O)c3csc(N)n3)[C@H]2SC1. The number of fused-ring (bicyclic) bond motifs is 1. The van der Waals surface area contributed by atoms with Crippen molar-refractivity contribution in [2.75, 3.05) is 18.1 Å². The Hall–Kier alpha value is -3.72. The van der Waals surface area contributed by atoms with Crippen molar-refractivity contribution in [3.8, 4) is 0 Å². The molecule has 2 atom stereocenters. The molecule has 4 N–H and O–H groups in total. The minimum absolute atomic E-state index is 0.0436. The van der Waals surface area contributed by atoms with Crippen LogP contribution in [0.4, 0.5) is 5.13 Å². The zero-order valence-electron chi connectivity index (χ0n) is 17.8. The summed E-state index contributed by atoms with van der Waals surface area (Å²) in [6.45, 7) is 2.30. The van der Waals surface area contributed by atoms with Gasteiger partial charge in [0.2, 0.25) is 0 Å². The molecule has 180 valence electrons. The molecule has 1 fully saturated rings. The first-order valence-corrected chi connectivity index (χ1v) is 11.5. The minimum Gasteiger partial charge on any atom is -0.477 e. The molecule has 2 aliphatic rings. The summed E-state index contributed by atoms with van der Waals surface area (Å²) in [5, 5.41) is 16.6. The van der Waals surface area contributed by atoms with Crippen molar-refractivity contribution < 1.29 is 38.7 Å². The number of thiazole rings is 1. The number of carboxylic acid groups (broad SMARTS) is 1. The minimum atomic E-state index is -1.31. The van der Waals surface area contributed by atoms with E-state index in [1.807, 2.05) is 0 Å². The summed E-state index contributed by atoms with van der Waals surface area (Å²) in [6, 6.07) is -1.04. The van der Waals surface area contributed by atoms with Crippen LogP contribution in [0.25, 0.3) is 0 Å². The van der Waals surface area contributed by atoms with Crippen LogP contribution in [-0.2, 0) is 33.5 Å². The molecule has 15 heteroatoms. The number of oxime groups is 1. The molecule has 0 saturated carbocycles. The first kappa shape index (κ1) is 24.9. The fourth-order valence-electron chi connectivity index (χ4n) is 3.05. The van der Waals surface area contributed by atoms with Crippen LogP contribution in [0.2, 0.25) is 0 Å². The highest BCUT2D eigenvalue weighted by atomic mass is 32.2. The van der Waals surface area contributed by atoms with E-state index in [-0.39, 0.29) is 34.6 Å². The van der Waals surface area contributed by atoms with Crippen LogP contribution in [0.3, 0.4) is 0 Å². The zero-order valence-corrected chi connectivity index (χ0v) is 19.5. The number of thioether (sulfide) groups is 1. The Kier molecular flexibility index (Phi) is 7.68. The van der Waals surface area contributed by atoms with Crippen LogP contribution in [0.1, 0.15) is 19.5 Å². The van der Waals surface area contributed by atoms with E-state index in [2.05, 4.69) is 20.3 Å². The van der Waals surface area contributed by atoms with Gasteiger partial charge >= 0.3 is 17.9 Å². The van der Waals surface area contributed by atoms with Crippen molar-refractivity contribution in [3.63, 3.8) is 0 Å². The van der Waals surface area contributed by atoms with Crippen molar-refractivity contribution in [3.05, 3.63) is 34.5 Å². The van der Waals surface area contributed by atoms with Crippen LogP contribution in [0.5, 0.6) is 0 Å². The standard InChI is InChI=1S/C19H19N5O8S2/c1-8(25)31-5-3-4-10-6-33-17-13(16(28)24(17)14(10)18(29)30)22-15(27)12(23-32-9(2)26)11-7-34-19(20)21-11/h3-4,7,13,17H,5-6H2,1-2H3,(H2,20,21)(H,22,27)(H,29,30)/b4-3+,23-12-/t13-,17-/m1/s1. The number of amides is 2. The highest BCUT2D eigenvalue weighted by Crippen LogP contribution is 2.40. The van der Waals surface area contributed by atoms with E-state index >= 15 is 0 Å². The van der Waals surface area contributed by atoms with Crippen molar-refractivity contribution >= 4 is 63.7 Å². The van der Waals surface area contributed by atoms with Crippen LogP contribution >= 0.6 is 23.1 Å². The molecule has 2 amide bonds. The molecule has 0 aliphatic carbocycles. The predicted molar refractivity (Wildman–Crippen MR) is 120 cm³/mol. The van der Waals surface area contributed by atoms with Crippen molar-refractivity contribution in [2.24, 2.45) is 5.16 Å². The van der Waals surface area contributed by atoms with Crippen molar-refractivity contribution in [1.82, 2.24) is 15.2 Å². The normalized spacial score (nSPS) is 20.0. The van der Waals surface area contributed by atoms with Gasteiger partial charge in [0.15, 0.2) is 10.8 Å². The fraction of sp³-hybridized carbons (Fsp3) is 0.316. The van der Waals surface area contributed by atoms with Gasteiger partial charge in [-0.25, -0.2) is 14.6 Å². The third-order valence-corrected chi connectivity index (χ3v) is 6.41. The number of β-lactam (4-membered cyclic amide) rings is 1. The average molecular weight is 510 g/mol. The Morgan fingerprint density at radius 2 is 2.09 bits per heavy atom. The number of hydrogen-bond acceptors (Lipinski definition) is 12. The van der Waals surface area contributed by atoms with Crippen LogP contribution in [0.15, 0.2) is 34.0 Å². The van der Waals surface area contributed by atoms with Gasteiger partial charge in [-0.05, 0) is 11.6 Å². The molecule has 34 heavy (non-hydrogen) atoms. The number of nitrogen functional groups attached to an aromatic ring is 1. The summed E-state index contributed by atoms with van der Waals surface area (Å²) >= 11 is 2.28. The van der Waals surface area contributed by atoms with Crippen LogP contribution in [0, 0.1) is 0 Å². The van der Waals surface area contributed by atoms with E-state index in [1.54, 1.807) is 0 Å². The van der Waals surface area contributed by atoms with Gasteiger partial charge in [-0.2, -0.15) is 0 Å². The molecule has 0 aromatic carbocycles. The third-order valence-electron chi connectivity index (χ3n) is 4.43. The lowest BCUT2D eigenvalue weighted by Crippen LogP contribution is -2.71. The number of carboxylic acids is 1. The molecule has 1 saturated heterocycles. The number of hydrogen-bond donors (Lipinski definition) is 3. The fourth-order valence-corrected chi connectivity index (χ4v) is 4.91. The number of nitrogens with one attached hydrogen (secondary N) is 1. The lowest BCUT2D eigenvalue weighted by Gasteiger charge is -2.49. The number of carbonyl (C=O) groups excluding carboxylic acids is 4. The molecule has 0 bridgehead atoms. The average Bonchev–Trinajstić information content (AvgIpc) is 3.19. The van der Waals surface area contributed by atoms with Gasteiger partial charge in [-0.1, -0.05) is 11.2 Å². The lowest BCUT2D eigenvalue weighted by atomic mass is 10.0. The van der Waals surface area contributed by atoms with E-state index in [4.69, 9.17) is 10.5 Å². The number of aromatic nitrogens is 1. The monoisotopic (exact) mass is 509 g/mol. The molecule has 3 rings (SSSR count). The number of rotatable bonds is 8. The first-order valence-electron chi connectivity index (χ1n) is 9.59. The van der Waals surface area contributed by atoms with E-state index in [9.17, 15) is 29.1 Å². The second-order valence-corrected chi connectivity index (χ2v) is 8.83. The van der Waals surface area contributed by atoms with Gasteiger partial charge in [0.25, 0.3) is 11.8 Å². The van der Waals surface area contributed by atoms with E-state index < -0.39 is 41.1 Å². The first-order chi connectivity index (χ1) is 16.1. The van der Waals surface area contributed by atoms with E-state index in [0.29, 0.717) is 5.57 Å². The summed E-state index contributed by atoms with van der Waals surface area (Å²) in [4.78, 5) is 69.1. The Bertz CT molecular complexity index is 1140. The molecule has 13 nitrogen and oxygen atoms in total. The summed E-state index contributed by atoms with van der Waals surface area (Å²) in [6.07, 6.45) is 2.95. The molecule has 0 spiro atoms. The number of anilines is 1. The van der Waals surface area contributed by atoms with Crippen LogP contribution < -0.4 is 11.1 Å². The van der Waals surface area contributed by atoms with Crippen molar-refractivity contribution in [1.29, 1.82) is 0 Å². The largest absolute Gasteiger partial charge is 0.477 e. The number of aliphatic carboxylic acids is 1. The van der Waals surface area contributed by atoms with E-state index in [0.717, 1.165) is 23.2 Å². The molecule has 2 aliphatic heterocycles. The maximum atomic E-state index is 12.8. The lowest BCUT2D eigenvalue weighted by molar-refractivity contribution is -0.150. The Morgan fingerprint density at radius 1 is 1.35 bits per heavy atom. The Labute approximate surface area is 200 Å². The predicted octanol–water partition coefficient (Wildman–Crippen LogP) is -0.150. The molecule has 3 heterocycles. The molecule has 1 aromatic heterocycles. The second kappa shape index (κ2) is 10.5. The summed E-state index contributed by atoms with van der Waals surface area (Å²) in [7, 11) is 0. The summed E-state index contributed by atoms with van der Waals surface area (Å²) in [5.41, 5.74) is 5.41. The molecule has 0 unspecified atom stereocenters. The van der Waals surface area contributed by atoms with Gasteiger partial charge in [0.05, 0.1) is 0 Å². The van der Waals surface area contributed by atoms with Gasteiger partial charge in [0.1, 0.15) is 29.4 Å². The van der Waals surface area contributed by atoms with Crippen LogP contribution in [-0.4, -0.2) is 74.2 Å². The number of allylic oxidation sites excluding steroid dienone is 1. The smallest absolute Gasteiger partial charge is 0.352 e. The Morgan fingerprint density at radius 3 is 2.68 bits per heavy atom. The summed E-state index contributed by atoms with van der Waals surface area (Å²) < 4.78 is 4.78. The maximum absolute atomic E-state index is 12.8. The maximum Gasteiger partial charge on any atom is 0.352 e.